The molecule has 2 N–H and O–H groups in total. The van der Waals surface area contributed by atoms with Crippen molar-refractivity contribution in [1.29, 1.82) is 0 Å². The van der Waals surface area contributed by atoms with Gasteiger partial charge in [0.15, 0.2) is 0 Å². The molecule has 0 amide bonds. The minimum Gasteiger partial charge on any atom is -1.00 e. The quantitative estimate of drug-likeness (QED) is 0.382. The van der Waals surface area contributed by atoms with Crippen LogP contribution in [0.15, 0.2) is 60.7 Å². The first-order valence-electron chi connectivity index (χ1n) is 8.73. The van der Waals surface area contributed by atoms with Crippen molar-refractivity contribution in [1.82, 2.24) is 0 Å². The van der Waals surface area contributed by atoms with Gasteiger partial charge in [0.05, 0.1) is 0 Å². The molecule has 0 saturated heterocycles. The van der Waals surface area contributed by atoms with Gasteiger partial charge in [-0.2, -0.15) is 8.42 Å². The molecule has 0 aromatic heterocycles. The fourth-order valence-electron chi connectivity index (χ4n) is 2.65. The molecular formula is C20H29KO4S. The molecule has 0 bridgehead atoms. The van der Waals surface area contributed by atoms with Crippen LogP contribution in [-0.2, 0) is 23.2 Å². The Morgan fingerprint density at radius 3 is 1.19 bits per heavy atom. The van der Waals surface area contributed by atoms with Crippen LogP contribution in [0.4, 0.5) is 0 Å². The molecule has 0 aliphatic rings. The smallest absolute Gasteiger partial charge is 1.00 e. The zero-order valence-electron chi connectivity index (χ0n) is 16.5. The third-order valence-corrected chi connectivity index (χ3v) is 3.87. The van der Waals surface area contributed by atoms with E-state index in [0.29, 0.717) is 0 Å². The van der Waals surface area contributed by atoms with Crippen molar-refractivity contribution in [2.75, 3.05) is 0 Å². The molecule has 0 heterocycles. The number of unbranched alkanes of at least 4 members (excludes halogenated alkanes) is 5. The van der Waals surface area contributed by atoms with Gasteiger partial charge in [-0.15, -0.1) is 0 Å². The van der Waals surface area contributed by atoms with Gasteiger partial charge in [-0.25, -0.2) is 0 Å². The summed E-state index contributed by atoms with van der Waals surface area (Å²) in [5.41, 5.74) is 2.97. The third-order valence-electron chi connectivity index (χ3n) is 3.87. The maximum absolute atomic E-state index is 8.74. The van der Waals surface area contributed by atoms with Crippen LogP contribution in [0, 0.1) is 0 Å². The van der Waals surface area contributed by atoms with Crippen molar-refractivity contribution in [3.05, 3.63) is 71.8 Å². The zero-order valence-corrected chi connectivity index (χ0v) is 19.5. The Hall–Kier alpha value is -0.0536. The van der Waals surface area contributed by atoms with Crippen LogP contribution in [0.3, 0.4) is 0 Å². The molecule has 4 nitrogen and oxygen atoms in total. The summed E-state index contributed by atoms with van der Waals surface area (Å²) in [6, 6.07) is 21.7. The molecule has 0 fully saturated rings. The van der Waals surface area contributed by atoms with Gasteiger partial charge in [-0.3, -0.25) is 9.11 Å². The van der Waals surface area contributed by atoms with Gasteiger partial charge in [0.2, 0.25) is 0 Å². The monoisotopic (exact) mass is 404 g/mol. The molecular weight excluding hydrogens is 375 g/mol. The van der Waals surface area contributed by atoms with Gasteiger partial charge in [0, 0.05) is 0 Å². The third kappa shape index (κ3) is 17.4. The Bertz CT molecular complexity index is 613. The minimum atomic E-state index is -4.67. The topological polar surface area (TPSA) is 74.6 Å². The van der Waals surface area contributed by atoms with Crippen molar-refractivity contribution in [2.24, 2.45) is 0 Å². The number of hydrogen-bond acceptors (Lipinski definition) is 2. The van der Waals surface area contributed by atoms with E-state index in [4.69, 9.17) is 17.5 Å². The molecule has 0 radical (unpaired) electrons. The average Bonchev–Trinajstić information content (AvgIpc) is 2.58. The van der Waals surface area contributed by atoms with Gasteiger partial charge >= 0.3 is 61.8 Å². The summed E-state index contributed by atoms with van der Waals surface area (Å²) >= 11 is 0. The van der Waals surface area contributed by atoms with Crippen molar-refractivity contribution in [3.63, 3.8) is 0 Å². The molecule has 0 atom stereocenters. The number of rotatable bonds is 9. The summed E-state index contributed by atoms with van der Waals surface area (Å²) in [7, 11) is -4.67. The molecule has 140 valence electrons. The molecule has 0 aliphatic heterocycles. The Labute approximate surface area is 201 Å². The number of hydrogen-bond donors (Lipinski definition) is 2. The summed E-state index contributed by atoms with van der Waals surface area (Å²) in [5.74, 6) is 0. The van der Waals surface area contributed by atoms with E-state index in [1.807, 2.05) is 0 Å². The molecule has 2 aromatic carbocycles. The van der Waals surface area contributed by atoms with Gasteiger partial charge in [0.25, 0.3) is 0 Å². The van der Waals surface area contributed by atoms with Crippen LogP contribution in [0.2, 0.25) is 0 Å². The van der Waals surface area contributed by atoms with Crippen LogP contribution in [0.5, 0.6) is 0 Å². The first-order valence-corrected chi connectivity index (χ1v) is 10.1. The normalized spacial score (nSPS) is 10.4. The fraction of sp³-hybridized carbons (Fsp3) is 0.400. The van der Waals surface area contributed by atoms with E-state index in [9.17, 15) is 0 Å². The largest absolute Gasteiger partial charge is 1.00 e. The SMILES string of the molecule is O=S(=O)(O)O.[H-].[K+].c1ccc(CCCCCCCCc2ccccc2)cc1. The van der Waals surface area contributed by atoms with E-state index in [-0.39, 0.29) is 52.8 Å². The fourth-order valence-corrected chi connectivity index (χ4v) is 2.65. The second-order valence-corrected chi connectivity index (χ2v) is 6.94. The molecule has 6 heteroatoms. The van der Waals surface area contributed by atoms with Gasteiger partial charge in [0.1, 0.15) is 0 Å². The molecule has 0 spiro atoms. The first-order chi connectivity index (χ1) is 11.9. The van der Waals surface area contributed by atoms with Crippen molar-refractivity contribution in [3.8, 4) is 0 Å². The van der Waals surface area contributed by atoms with Crippen molar-refractivity contribution < 1.29 is 70.3 Å². The van der Waals surface area contributed by atoms with Crippen LogP contribution in [-0.4, -0.2) is 17.5 Å². The molecule has 0 unspecified atom stereocenters. The van der Waals surface area contributed by atoms with E-state index in [2.05, 4.69) is 60.7 Å². The Kier molecular flexibility index (Phi) is 15.9. The Morgan fingerprint density at radius 2 is 0.885 bits per heavy atom. The second-order valence-electron chi connectivity index (χ2n) is 6.04. The maximum atomic E-state index is 8.74. The van der Waals surface area contributed by atoms with Crippen molar-refractivity contribution in [2.45, 2.75) is 51.4 Å². The summed E-state index contributed by atoms with van der Waals surface area (Å²) in [5, 5.41) is 0. The second kappa shape index (κ2) is 16.0. The van der Waals surface area contributed by atoms with E-state index in [1.165, 1.54) is 62.5 Å². The van der Waals surface area contributed by atoms with Gasteiger partial charge in [-0.05, 0) is 36.8 Å². The molecule has 2 aromatic rings. The van der Waals surface area contributed by atoms with E-state index in [1.54, 1.807) is 0 Å². The van der Waals surface area contributed by atoms with Gasteiger partial charge < -0.3 is 1.43 Å². The minimum absolute atomic E-state index is 0. The predicted octanol–water partition coefficient (Wildman–Crippen LogP) is 2.28. The molecule has 0 saturated carbocycles. The van der Waals surface area contributed by atoms with Gasteiger partial charge in [-0.1, -0.05) is 86.3 Å². The van der Waals surface area contributed by atoms with E-state index < -0.39 is 10.4 Å². The first kappa shape index (κ1) is 25.9. The van der Waals surface area contributed by atoms with Crippen LogP contribution < -0.4 is 51.4 Å². The molecule has 2 rings (SSSR count). The zero-order chi connectivity index (χ0) is 18.4. The summed E-state index contributed by atoms with van der Waals surface area (Å²) in [4.78, 5) is 0. The Balaban J connectivity index is 0. The standard InChI is InChI=1S/C20H26.K.H2O4S.H/c1(3-7-13-19-15-9-5-10-16-19)2-4-8-14-20-17-11-6-12-18-20;;1-5(2,3)4;/h5-6,9-12,15-18H,1-4,7-8,13-14H2;;(H2,1,2,3,4);/q;+1;;-1. The van der Waals surface area contributed by atoms with Crippen LogP contribution >= 0.6 is 0 Å². The number of benzene rings is 2. The van der Waals surface area contributed by atoms with Crippen LogP contribution in [0.1, 0.15) is 51.1 Å². The Morgan fingerprint density at radius 1 is 0.615 bits per heavy atom. The summed E-state index contributed by atoms with van der Waals surface area (Å²) in [6.45, 7) is 0. The summed E-state index contributed by atoms with van der Waals surface area (Å²) in [6.07, 6.45) is 10.7. The summed E-state index contributed by atoms with van der Waals surface area (Å²) < 4.78 is 31.6. The van der Waals surface area contributed by atoms with Crippen molar-refractivity contribution >= 4 is 10.4 Å². The number of aryl methyl sites for hydroxylation is 2. The molecule has 0 aliphatic carbocycles. The molecule has 26 heavy (non-hydrogen) atoms. The van der Waals surface area contributed by atoms with E-state index in [0.717, 1.165) is 0 Å². The predicted molar refractivity (Wildman–Crippen MR) is 103 cm³/mol. The van der Waals surface area contributed by atoms with Crippen LogP contribution in [0.25, 0.3) is 0 Å². The van der Waals surface area contributed by atoms with E-state index >= 15 is 0 Å². The maximum Gasteiger partial charge on any atom is 1.00 e. The average molecular weight is 405 g/mol.